The summed E-state index contributed by atoms with van der Waals surface area (Å²) in [5, 5.41) is 4.33. The highest BCUT2D eigenvalue weighted by molar-refractivity contribution is 9.10. The fourth-order valence-electron chi connectivity index (χ4n) is 2.84. The molecule has 0 saturated carbocycles. The van der Waals surface area contributed by atoms with Crippen molar-refractivity contribution in [2.75, 3.05) is 13.1 Å². The number of likely N-dealkylation sites (tertiary alicyclic amines) is 1. The molecule has 0 bridgehead atoms. The highest BCUT2D eigenvalue weighted by Gasteiger charge is 2.34. The Morgan fingerprint density at radius 2 is 2.14 bits per heavy atom. The summed E-state index contributed by atoms with van der Waals surface area (Å²) in [6.07, 6.45) is 7.32. The second kappa shape index (κ2) is 7.61. The largest absolute Gasteiger partial charge is 0.341 e. The van der Waals surface area contributed by atoms with Gasteiger partial charge in [0.2, 0.25) is 5.91 Å². The van der Waals surface area contributed by atoms with Crippen LogP contribution in [0.5, 0.6) is 0 Å². The van der Waals surface area contributed by atoms with Gasteiger partial charge in [-0.1, -0.05) is 13.3 Å². The van der Waals surface area contributed by atoms with E-state index in [0.717, 1.165) is 43.2 Å². The molecule has 2 heterocycles. The lowest BCUT2D eigenvalue weighted by molar-refractivity contribution is -0.138. The first-order valence-corrected chi connectivity index (χ1v) is 8.01. The lowest BCUT2D eigenvalue weighted by Crippen LogP contribution is -2.55. The summed E-state index contributed by atoms with van der Waals surface area (Å²) in [7, 11) is 0. The quantitative estimate of drug-likeness (QED) is 0.875. The third-order valence-electron chi connectivity index (χ3n) is 3.95. The van der Waals surface area contributed by atoms with Crippen LogP contribution < -0.4 is 5.73 Å². The molecule has 0 radical (unpaired) electrons. The van der Waals surface area contributed by atoms with Crippen LogP contribution in [0.1, 0.15) is 45.6 Å². The zero-order chi connectivity index (χ0) is 14.8. The Morgan fingerprint density at radius 3 is 2.62 bits per heavy atom. The maximum atomic E-state index is 12.4. The fraction of sp³-hybridized carbons (Fsp3) is 0.714. The van der Waals surface area contributed by atoms with Crippen LogP contribution in [-0.2, 0) is 4.79 Å². The standard InChI is InChI=1S/C14H23BrN4O.ClH/c1-3-6-14(2,16)13(20)18-7-4-12(5-8-18)19-10-11(15)9-17-19;/h9-10,12H,3-8,16H2,1-2H3;1H. The van der Waals surface area contributed by atoms with Crippen LogP contribution in [-0.4, -0.2) is 39.2 Å². The number of carbonyl (C=O) groups is 1. The molecule has 1 amide bonds. The molecule has 1 fully saturated rings. The summed E-state index contributed by atoms with van der Waals surface area (Å²) in [4.78, 5) is 14.3. The van der Waals surface area contributed by atoms with Crippen LogP contribution in [0.25, 0.3) is 0 Å². The van der Waals surface area contributed by atoms with Crippen molar-refractivity contribution in [1.82, 2.24) is 14.7 Å². The number of aromatic nitrogens is 2. The van der Waals surface area contributed by atoms with Gasteiger partial charge in [0.25, 0.3) is 0 Å². The Kier molecular flexibility index (Phi) is 6.69. The number of amides is 1. The van der Waals surface area contributed by atoms with E-state index in [0.29, 0.717) is 6.04 Å². The van der Waals surface area contributed by atoms with E-state index in [1.54, 1.807) is 6.20 Å². The molecule has 0 aliphatic carbocycles. The third-order valence-corrected chi connectivity index (χ3v) is 4.36. The minimum absolute atomic E-state index is 0. The first kappa shape index (κ1) is 18.5. The predicted molar refractivity (Wildman–Crippen MR) is 89.5 cm³/mol. The van der Waals surface area contributed by atoms with Gasteiger partial charge >= 0.3 is 0 Å². The minimum atomic E-state index is -0.726. The molecule has 1 aromatic rings. The van der Waals surface area contributed by atoms with E-state index >= 15 is 0 Å². The van der Waals surface area contributed by atoms with Crippen LogP contribution in [0, 0.1) is 0 Å². The average molecular weight is 380 g/mol. The summed E-state index contributed by atoms with van der Waals surface area (Å²) in [5.74, 6) is 0.0828. The first-order valence-electron chi connectivity index (χ1n) is 7.22. The SMILES string of the molecule is CCCC(C)(N)C(=O)N1CCC(n2cc(Br)cn2)CC1.Cl. The van der Waals surface area contributed by atoms with Gasteiger partial charge in [0.05, 0.1) is 22.3 Å². The van der Waals surface area contributed by atoms with Gasteiger partial charge in [0.1, 0.15) is 0 Å². The van der Waals surface area contributed by atoms with E-state index in [-0.39, 0.29) is 18.3 Å². The molecule has 1 aliphatic rings. The van der Waals surface area contributed by atoms with Crippen LogP contribution in [0.3, 0.4) is 0 Å². The molecule has 2 N–H and O–H groups in total. The molecule has 1 unspecified atom stereocenters. The van der Waals surface area contributed by atoms with Crippen molar-refractivity contribution in [3.8, 4) is 0 Å². The Morgan fingerprint density at radius 1 is 1.52 bits per heavy atom. The molecule has 1 atom stereocenters. The number of halogens is 2. The van der Waals surface area contributed by atoms with E-state index in [4.69, 9.17) is 5.73 Å². The van der Waals surface area contributed by atoms with Crippen LogP contribution in [0.4, 0.5) is 0 Å². The second-order valence-electron chi connectivity index (χ2n) is 5.83. The van der Waals surface area contributed by atoms with E-state index in [2.05, 4.69) is 28.0 Å². The van der Waals surface area contributed by atoms with Gasteiger partial charge in [-0.15, -0.1) is 12.4 Å². The number of hydrogen-bond donors (Lipinski definition) is 1. The van der Waals surface area contributed by atoms with Gasteiger partial charge in [-0.2, -0.15) is 5.10 Å². The molecular weight excluding hydrogens is 356 g/mol. The molecule has 7 heteroatoms. The topological polar surface area (TPSA) is 64.2 Å². The van der Waals surface area contributed by atoms with Gasteiger partial charge in [-0.05, 0) is 42.1 Å². The van der Waals surface area contributed by atoms with Crippen molar-refractivity contribution in [3.05, 3.63) is 16.9 Å². The Bertz CT molecular complexity index is 469. The van der Waals surface area contributed by atoms with Crippen LogP contribution in [0.2, 0.25) is 0 Å². The van der Waals surface area contributed by atoms with Gasteiger partial charge in [-0.25, -0.2) is 0 Å². The van der Waals surface area contributed by atoms with Gasteiger partial charge in [0, 0.05) is 19.3 Å². The van der Waals surface area contributed by atoms with Crippen LogP contribution >= 0.6 is 28.3 Å². The third kappa shape index (κ3) is 4.44. The number of nitrogens with zero attached hydrogens (tertiary/aromatic N) is 3. The molecule has 120 valence electrons. The molecule has 2 rings (SSSR count). The van der Waals surface area contributed by atoms with Crippen molar-refractivity contribution < 1.29 is 4.79 Å². The Labute approximate surface area is 140 Å². The monoisotopic (exact) mass is 378 g/mol. The zero-order valence-electron chi connectivity index (χ0n) is 12.6. The maximum absolute atomic E-state index is 12.4. The van der Waals surface area contributed by atoms with Gasteiger partial charge in [0.15, 0.2) is 0 Å². The maximum Gasteiger partial charge on any atom is 0.242 e. The molecule has 1 saturated heterocycles. The van der Waals surface area contributed by atoms with Crippen molar-refractivity contribution >= 4 is 34.2 Å². The second-order valence-corrected chi connectivity index (χ2v) is 6.75. The molecule has 0 spiro atoms. The number of carbonyl (C=O) groups excluding carboxylic acids is 1. The summed E-state index contributed by atoms with van der Waals surface area (Å²) in [6.45, 7) is 5.42. The highest BCUT2D eigenvalue weighted by atomic mass is 79.9. The summed E-state index contributed by atoms with van der Waals surface area (Å²) in [6, 6.07) is 0.376. The summed E-state index contributed by atoms with van der Waals surface area (Å²) < 4.78 is 2.98. The van der Waals surface area contributed by atoms with Crippen molar-refractivity contribution in [1.29, 1.82) is 0 Å². The van der Waals surface area contributed by atoms with E-state index < -0.39 is 5.54 Å². The van der Waals surface area contributed by atoms with Crippen molar-refractivity contribution in [2.45, 2.75) is 51.1 Å². The van der Waals surface area contributed by atoms with E-state index in [1.165, 1.54) is 0 Å². The predicted octanol–water partition coefficient (Wildman–Crippen LogP) is 2.75. The number of piperidine rings is 1. The fourth-order valence-corrected chi connectivity index (χ4v) is 3.14. The molecular formula is C14H24BrClN4O. The molecule has 1 aromatic heterocycles. The van der Waals surface area contributed by atoms with Crippen molar-refractivity contribution in [3.63, 3.8) is 0 Å². The van der Waals surface area contributed by atoms with Gasteiger partial charge in [-0.3, -0.25) is 9.48 Å². The molecule has 21 heavy (non-hydrogen) atoms. The number of hydrogen-bond acceptors (Lipinski definition) is 3. The van der Waals surface area contributed by atoms with Crippen LogP contribution in [0.15, 0.2) is 16.9 Å². The highest BCUT2D eigenvalue weighted by Crippen LogP contribution is 2.25. The Balaban J connectivity index is 0.00000220. The van der Waals surface area contributed by atoms with E-state index in [1.807, 2.05) is 22.7 Å². The average Bonchev–Trinajstić information content (AvgIpc) is 2.85. The number of rotatable bonds is 4. The molecule has 0 aromatic carbocycles. The summed E-state index contributed by atoms with van der Waals surface area (Å²) >= 11 is 3.41. The zero-order valence-corrected chi connectivity index (χ0v) is 15.0. The first-order chi connectivity index (χ1) is 9.44. The molecule has 1 aliphatic heterocycles. The lowest BCUT2D eigenvalue weighted by Gasteiger charge is -2.36. The smallest absolute Gasteiger partial charge is 0.242 e. The van der Waals surface area contributed by atoms with Gasteiger partial charge < -0.3 is 10.6 Å². The molecule has 5 nitrogen and oxygen atoms in total. The lowest BCUT2D eigenvalue weighted by atomic mass is 9.94. The van der Waals surface area contributed by atoms with Crippen molar-refractivity contribution in [2.24, 2.45) is 5.73 Å². The normalized spacial score (nSPS) is 19.0. The minimum Gasteiger partial charge on any atom is -0.341 e. The van der Waals surface area contributed by atoms with E-state index in [9.17, 15) is 4.79 Å². The summed E-state index contributed by atoms with van der Waals surface area (Å²) in [5.41, 5.74) is 5.41. The Hall–Kier alpha value is -0.590. The number of nitrogens with two attached hydrogens (primary N) is 1.